The number of aromatic nitrogens is 4. The van der Waals surface area contributed by atoms with Crippen molar-refractivity contribution in [3.05, 3.63) is 24.7 Å². The normalized spacial score (nSPS) is 30.6. The summed E-state index contributed by atoms with van der Waals surface area (Å²) in [4.78, 5) is 14.4. The van der Waals surface area contributed by atoms with E-state index >= 15 is 0 Å². The molecule has 2 aromatic heterocycles. The fourth-order valence-electron chi connectivity index (χ4n) is 4.60. The summed E-state index contributed by atoms with van der Waals surface area (Å²) in [6.07, 6.45) is 9.64. The zero-order chi connectivity index (χ0) is 17.7. The zero-order valence-corrected chi connectivity index (χ0v) is 15.5. The molecule has 2 saturated heterocycles. The molecule has 0 radical (unpaired) electrons. The third-order valence-electron chi connectivity index (χ3n) is 6.28. The van der Waals surface area contributed by atoms with E-state index in [-0.39, 0.29) is 0 Å². The van der Waals surface area contributed by atoms with Gasteiger partial charge < -0.3 is 10.2 Å². The van der Waals surface area contributed by atoms with Gasteiger partial charge in [0.2, 0.25) is 5.95 Å². The van der Waals surface area contributed by atoms with Crippen LogP contribution in [0.1, 0.15) is 26.2 Å². The fraction of sp³-hybridized carbons (Fsp3) is 0.632. The summed E-state index contributed by atoms with van der Waals surface area (Å²) in [6, 6.07) is 3.41. The maximum Gasteiger partial charge on any atom is 0.229 e. The van der Waals surface area contributed by atoms with E-state index in [1.54, 1.807) is 10.9 Å². The summed E-state index contributed by atoms with van der Waals surface area (Å²) < 4.78 is 1.77. The second-order valence-electron chi connectivity index (χ2n) is 8.23. The molecule has 7 heteroatoms. The molecular weight excluding hydrogens is 326 g/mol. The highest BCUT2D eigenvalue weighted by Crippen LogP contribution is 2.42. The van der Waals surface area contributed by atoms with Crippen molar-refractivity contribution in [3.8, 4) is 0 Å². The van der Waals surface area contributed by atoms with Crippen LogP contribution in [-0.4, -0.2) is 56.4 Å². The van der Waals surface area contributed by atoms with E-state index in [1.165, 1.54) is 25.8 Å². The smallest absolute Gasteiger partial charge is 0.229 e. The van der Waals surface area contributed by atoms with E-state index in [9.17, 15) is 0 Å². The molecule has 1 N–H and O–H groups in total. The van der Waals surface area contributed by atoms with Crippen molar-refractivity contribution in [1.82, 2.24) is 24.6 Å². The number of aryl methyl sites for hydroxylation is 1. The largest absolute Gasteiger partial charge is 0.353 e. The Balaban J connectivity index is 1.28. The maximum atomic E-state index is 4.76. The van der Waals surface area contributed by atoms with Crippen LogP contribution in [-0.2, 0) is 7.05 Å². The fourth-order valence-corrected chi connectivity index (χ4v) is 4.60. The maximum absolute atomic E-state index is 4.76. The molecule has 0 amide bonds. The third kappa shape index (κ3) is 3.05. The molecule has 26 heavy (non-hydrogen) atoms. The predicted molar refractivity (Wildman–Crippen MR) is 102 cm³/mol. The van der Waals surface area contributed by atoms with E-state index < -0.39 is 0 Å². The minimum absolute atomic E-state index is 0.636. The summed E-state index contributed by atoms with van der Waals surface area (Å²) in [6.45, 7) is 5.87. The molecule has 1 saturated carbocycles. The van der Waals surface area contributed by atoms with Gasteiger partial charge >= 0.3 is 0 Å². The number of piperazine rings is 1. The first-order valence-electron chi connectivity index (χ1n) is 9.75. The second kappa shape index (κ2) is 6.23. The monoisotopic (exact) mass is 353 g/mol. The molecule has 1 unspecified atom stereocenters. The van der Waals surface area contributed by atoms with Crippen LogP contribution < -0.4 is 10.2 Å². The first kappa shape index (κ1) is 16.1. The van der Waals surface area contributed by atoms with Crippen molar-refractivity contribution >= 4 is 17.5 Å². The number of rotatable bonds is 5. The Morgan fingerprint density at radius 1 is 1.23 bits per heavy atom. The molecule has 3 fully saturated rings. The van der Waals surface area contributed by atoms with Crippen molar-refractivity contribution in [3.63, 3.8) is 0 Å². The van der Waals surface area contributed by atoms with Crippen molar-refractivity contribution in [2.24, 2.45) is 18.9 Å². The van der Waals surface area contributed by atoms with Crippen LogP contribution >= 0.6 is 0 Å². The van der Waals surface area contributed by atoms with E-state index in [4.69, 9.17) is 4.98 Å². The first-order valence-corrected chi connectivity index (χ1v) is 9.75. The van der Waals surface area contributed by atoms with Crippen molar-refractivity contribution < 1.29 is 0 Å². The Hall–Kier alpha value is -2.15. The molecule has 3 aliphatic rings. The summed E-state index contributed by atoms with van der Waals surface area (Å²) >= 11 is 0. The van der Waals surface area contributed by atoms with Gasteiger partial charge in [0, 0.05) is 51.2 Å². The van der Waals surface area contributed by atoms with Gasteiger partial charge in [-0.2, -0.15) is 10.1 Å². The van der Waals surface area contributed by atoms with E-state index in [0.29, 0.717) is 18.0 Å². The topological polar surface area (TPSA) is 62.1 Å². The van der Waals surface area contributed by atoms with E-state index in [1.807, 2.05) is 25.5 Å². The summed E-state index contributed by atoms with van der Waals surface area (Å²) in [5.74, 6) is 3.55. The molecule has 4 heterocycles. The zero-order valence-electron chi connectivity index (χ0n) is 15.5. The Morgan fingerprint density at radius 2 is 2.00 bits per heavy atom. The van der Waals surface area contributed by atoms with Crippen LogP contribution in [0.2, 0.25) is 0 Å². The lowest BCUT2D eigenvalue weighted by molar-refractivity contribution is 0.159. The molecule has 7 nitrogen and oxygen atoms in total. The minimum Gasteiger partial charge on any atom is -0.353 e. The lowest BCUT2D eigenvalue weighted by atomic mass is 10.1. The number of hydrogen-bond acceptors (Lipinski definition) is 6. The number of hydrogen-bond donors (Lipinski definition) is 1. The van der Waals surface area contributed by atoms with Crippen LogP contribution in [0, 0.1) is 11.8 Å². The van der Waals surface area contributed by atoms with Gasteiger partial charge in [0.15, 0.2) is 0 Å². The van der Waals surface area contributed by atoms with Crippen LogP contribution in [0.15, 0.2) is 24.7 Å². The number of nitrogens with one attached hydrogen (secondary N) is 1. The van der Waals surface area contributed by atoms with Gasteiger partial charge in [-0.3, -0.25) is 9.58 Å². The second-order valence-corrected chi connectivity index (χ2v) is 8.23. The quantitative estimate of drug-likeness (QED) is 0.890. The average Bonchev–Trinajstić information content (AvgIpc) is 3.09. The van der Waals surface area contributed by atoms with Gasteiger partial charge in [-0.25, -0.2) is 4.98 Å². The highest BCUT2D eigenvalue weighted by atomic mass is 15.4. The standard InChI is InChI=1S/C19H27N7/c1-13-7-14(13)9-26-16-3-4-17(26)12-25(11-16)18-5-6-20-19(23-18)22-15-8-21-24(2)10-15/h5-6,8,10,13-14,16-17H,3-4,7,9,11-12H2,1-2H3,(H,20,22,23)/t13-,14?,16-,17+/m0/s1. The van der Waals surface area contributed by atoms with Gasteiger partial charge in [-0.15, -0.1) is 0 Å². The van der Waals surface area contributed by atoms with Gasteiger partial charge in [0.05, 0.1) is 11.9 Å². The lowest BCUT2D eigenvalue weighted by Crippen LogP contribution is -2.54. The lowest BCUT2D eigenvalue weighted by Gasteiger charge is -2.41. The average molecular weight is 353 g/mol. The Kier molecular flexibility index (Phi) is 3.85. The summed E-state index contributed by atoms with van der Waals surface area (Å²) in [5.41, 5.74) is 0.910. The van der Waals surface area contributed by atoms with Crippen molar-refractivity contribution in [2.75, 3.05) is 29.9 Å². The number of anilines is 3. The highest BCUT2D eigenvalue weighted by molar-refractivity contribution is 5.53. The number of nitrogens with zero attached hydrogens (tertiary/aromatic N) is 6. The van der Waals surface area contributed by atoms with Gasteiger partial charge in [0.25, 0.3) is 0 Å². The molecular formula is C19H27N7. The molecule has 2 aliphatic heterocycles. The molecule has 0 aromatic carbocycles. The van der Waals surface area contributed by atoms with Crippen LogP contribution in [0.25, 0.3) is 0 Å². The van der Waals surface area contributed by atoms with E-state index in [2.05, 4.69) is 32.1 Å². The summed E-state index contributed by atoms with van der Waals surface area (Å²) in [5, 5.41) is 7.43. The molecule has 4 atom stereocenters. The SMILES string of the molecule is C[C@H]1CC1CN1[C@@H]2CC[C@H]1CN(c1ccnc(Nc3cnn(C)c3)n1)C2. The van der Waals surface area contributed by atoms with Gasteiger partial charge in [-0.05, 0) is 37.2 Å². The Labute approximate surface area is 154 Å². The molecule has 138 valence electrons. The minimum atomic E-state index is 0.636. The summed E-state index contributed by atoms with van der Waals surface area (Å²) in [7, 11) is 1.90. The predicted octanol–water partition coefficient (Wildman–Crippen LogP) is 2.26. The van der Waals surface area contributed by atoms with Gasteiger partial charge in [-0.1, -0.05) is 6.92 Å². The van der Waals surface area contributed by atoms with Gasteiger partial charge in [0.1, 0.15) is 5.82 Å². The number of fused-ring (bicyclic) bond motifs is 2. The molecule has 5 rings (SSSR count). The Morgan fingerprint density at radius 3 is 2.65 bits per heavy atom. The molecule has 1 aliphatic carbocycles. The highest BCUT2D eigenvalue weighted by Gasteiger charge is 2.44. The first-order chi connectivity index (χ1) is 12.7. The molecule has 2 bridgehead atoms. The van der Waals surface area contributed by atoms with Crippen LogP contribution in [0.4, 0.5) is 17.5 Å². The molecule has 0 spiro atoms. The van der Waals surface area contributed by atoms with Crippen LogP contribution in [0.3, 0.4) is 0 Å². The van der Waals surface area contributed by atoms with Crippen LogP contribution in [0.5, 0.6) is 0 Å². The van der Waals surface area contributed by atoms with E-state index in [0.717, 1.165) is 36.4 Å². The third-order valence-corrected chi connectivity index (χ3v) is 6.28. The molecule has 2 aromatic rings. The van der Waals surface area contributed by atoms with Crippen molar-refractivity contribution in [2.45, 2.75) is 38.3 Å². The Bertz CT molecular complexity index is 774. The van der Waals surface area contributed by atoms with Crippen molar-refractivity contribution in [1.29, 1.82) is 0 Å².